The number of hydrogen-bond donors (Lipinski definition) is 2. The normalized spacial score (nSPS) is 28.6. The van der Waals surface area contributed by atoms with Crippen molar-refractivity contribution < 1.29 is 9.53 Å². The number of hydrogen-bond acceptors (Lipinski definition) is 6. The van der Waals surface area contributed by atoms with Crippen molar-refractivity contribution in [3.63, 3.8) is 0 Å². The lowest BCUT2D eigenvalue weighted by atomic mass is 10.3. The summed E-state index contributed by atoms with van der Waals surface area (Å²) in [6.07, 6.45) is 3.01. The minimum Gasteiger partial charge on any atom is -0.462 e. The number of piperidine rings is 1. The average Bonchev–Trinajstić information content (AvgIpc) is 2.84. The summed E-state index contributed by atoms with van der Waals surface area (Å²) < 4.78 is 4.87. The molecule has 0 bridgehead atoms. The summed E-state index contributed by atoms with van der Waals surface area (Å²) in [6, 6.07) is 0.486. The highest BCUT2D eigenvalue weighted by molar-refractivity contribution is 5.88. The van der Waals surface area contributed by atoms with Gasteiger partial charge in [0.25, 0.3) is 0 Å². The van der Waals surface area contributed by atoms with E-state index in [4.69, 9.17) is 4.74 Å². The topological polar surface area (TPSA) is 76.1 Å². The van der Waals surface area contributed by atoms with E-state index in [1.807, 2.05) is 0 Å². The third kappa shape index (κ3) is 2.03. The molecular formula is C12H16N4O2. The van der Waals surface area contributed by atoms with E-state index in [1.54, 1.807) is 6.92 Å². The molecule has 2 N–H and O–H groups in total. The molecular weight excluding hydrogens is 232 g/mol. The van der Waals surface area contributed by atoms with E-state index in [-0.39, 0.29) is 5.97 Å². The van der Waals surface area contributed by atoms with Crippen LogP contribution in [0, 0.1) is 11.8 Å². The minimum atomic E-state index is -0.378. The third-order valence-corrected chi connectivity index (χ3v) is 3.55. The molecule has 6 heteroatoms. The maximum atomic E-state index is 11.4. The Morgan fingerprint density at radius 1 is 1.44 bits per heavy atom. The molecule has 2 heterocycles. The molecule has 1 aromatic heterocycles. The summed E-state index contributed by atoms with van der Waals surface area (Å²) in [4.78, 5) is 19.7. The minimum absolute atomic E-state index is 0.358. The highest BCUT2D eigenvalue weighted by Crippen LogP contribution is 2.43. The van der Waals surface area contributed by atoms with Gasteiger partial charge in [0, 0.05) is 31.5 Å². The van der Waals surface area contributed by atoms with Gasteiger partial charge in [0.1, 0.15) is 0 Å². The van der Waals surface area contributed by atoms with Crippen molar-refractivity contribution in [2.75, 3.05) is 25.0 Å². The van der Waals surface area contributed by atoms with Gasteiger partial charge in [-0.1, -0.05) is 0 Å². The first-order valence-corrected chi connectivity index (χ1v) is 6.26. The summed E-state index contributed by atoms with van der Waals surface area (Å²) in [5, 5.41) is 6.64. The zero-order chi connectivity index (χ0) is 12.5. The monoisotopic (exact) mass is 248 g/mol. The zero-order valence-electron chi connectivity index (χ0n) is 10.2. The molecule has 18 heavy (non-hydrogen) atoms. The van der Waals surface area contributed by atoms with Crippen molar-refractivity contribution in [3.05, 3.63) is 18.0 Å². The van der Waals surface area contributed by atoms with Crippen LogP contribution in [-0.2, 0) is 4.74 Å². The van der Waals surface area contributed by atoms with Gasteiger partial charge in [-0.15, -0.1) is 0 Å². The molecule has 1 aliphatic heterocycles. The Bertz CT molecular complexity index is 438. The Morgan fingerprint density at radius 2 is 2.11 bits per heavy atom. The number of esters is 1. The van der Waals surface area contributed by atoms with Crippen LogP contribution in [0.25, 0.3) is 0 Å². The Hall–Kier alpha value is -1.69. The lowest BCUT2D eigenvalue weighted by Crippen LogP contribution is -2.22. The van der Waals surface area contributed by atoms with E-state index in [2.05, 4.69) is 20.6 Å². The predicted octanol–water partition coefficient (Wildman–Crippen LogP) is 0.283. The molecule has 2 unspecified atom stereocenters. The van der Waals surface area contributed by atoms with Gasteiger partial charge in [-0.2, -0.15) is 0 Å². The Kier molecular flexibility index (Phi) is 2.87. The Morgan fingerprint density at radius 3 is 2.72 bits per heavy atom. The summed E-state index contributed by atoms with van der Waals surface area (Å²) >= 11 is 0. The van der Waals surface area contributed by atoms with Gasteiger partial charge in [0.2, 0.25) is 5.95 Å². The Balaban J connectivity index is 1.59. The van der Waals surface area contributed by atoms with Crippen LogP contribution in [-0.4, -0.2) is 41.7 Å². The van der Waals surface area contributed by atoms with Crippen LogP contribution < -0.4 is 10.6 Å². The number of carbonyl (C=O) groups excluding carboxylic acids is 1. The van der Waals surface area contributed by atoms with E-state index in [0.717, 1.165) is 13.1 Å². The van der Waals surface area contributed by atoms with Crippen molar-refractivity contribution in [1.29, 1.82) is 0 Å². The SMILES string of the molecule is CCOC(=O)c1cnc(NC2C3CNCC32)nc1. The van der Waals surface area contributed by atoms with Crippen LogP contribution in [0.4, 0.5) is 5.95 Å². The van der Waals surface area contributed by atoms with Crippen molar-refractivity contribution in [1.82, 2.24) is 15.3 Å². The summed E-state index contributed by atoms with van der Waals surface area (Å²) in [5.74, 6) is 1.62. The van der Waals surface area contributed by atoms with Gasteiger partial charge in [-0.25, -0.2) is 14.8 Å². The van der Waals surface area contributed by atoms with Gasteiger partial charge in [0.15, 0.2) is 0 Å². The van der Waals surface area contributed by atoms with E-state index >= 15 is 0 Å². The molecule has 96 valence electrons. The molecule has 0 aromatic carbocycles. The fourth-order valence-electron chi connectivity index (χ4n) is 2.50. The highest BCUT2D eigenvalue weighted by Gasteiger charge is 2.53. The van der Waals surface area contributed by atoms with Crippen LogP contribution in [0.1, 0.15) is 17.3 Å². The first-order valence-electron chi connectivity index (χ1n) is 6.26. The van der Waals surface area contributed by atoms with Gasteiger partial charge in [-0.05, 0) is 18.8 Å². The van der Waals surface area contributed by atoms with Crippen molar-refractivity contribution >= 4 is 11.9 Å². The molecule has 2 atom stereocenters. The summed E-state index contributed by atoms with van der Waals surface area (Å²) in [5.41, 5.74) is 0.389. The molecule has 2 fully saturated rings. The molecule has 0 spiro atoms. The highest BCUT2D eigenvalue weighted by atomic mass is 16.5. The number of anilines is 1. The maximum absolute atomic E-state index is 11.4. The van der Waals surface area contributed by atoms with E-state index in [0.29, 0.717) is 36.0 Å². The molecule has 1 saturated carbocycles. The molecule has 0 amide bonds. The lowest BCUT2D eigenvalue weighted by Gasteiger charge is -2.07. The molecule has 2 aliphatic rings. The number of nitrogens with zero attached hydrogens (tertiary/aromatic N) is 2. The maximum Gasteiger partial charge on any atom is 0.341 e. The van der Waals surface area contributed by atoms with Gasteiger partial charge in [-0.3, -0.25) is 0 Å². The lowest BCUT2D eigenvalue weighted by molar-refractivity contribution is 0.0525. The molecule has 0 radical (unpaired) electrons. The first kappa shape index (κ1) is 11.4. The van der Waals surface area contributed by atoms with E-state index in [9.17, 15) is 4.79 Å². The molecule has 6 nitrogen and oxygen atoms in total. The van der Waals surface area contributed by atoms with E-state index < -0.39 is 0 Å². The van der Waals surface area contributed by atoms with Gasteiger partial charge in [0.05, 0.1) is 12.2 Å². The summed E-state index contributed by atoms with van der Waals surface area (Å²) in [6.45, 7) is 4.28. The number of rotatable bonds is 4. The smallest absolute Gasteiger partial charge is 0.341 e. The first-order chi connectivity index (χ1) is 8.79. The van der Waals surface area contributed by atoms with Crippen LogP contribution in [0.5, 0.6) is 0 Å². The number of carbonyl (C=O) groups is 1. The quantitative estimate of drug-likeness (QED) is 0.746. The number of fused-ring (bicyclic) bond motifs is 1. The number of nitrogens with one attached hydrogen (secondary N) is 2. The van der Waals surface area contributed by atoms with Crippen LogP contribution >= 0.6 is 0 Å². The second kappa shape index (κ2) is 4.53. The second-order valence-corrected chi connectivity index (χ2v) is 4.67. The van der Waals surface area contributed by atoms with Crippen molar-refractivity contribution in [2.24, 2.45) is 11.8 Å². The fraction of sp³-hybridized carbons (Fsp3) is 0.583. The molecule has 1 aromatic rings. The molecule has 1 saturated heterocycles. The van der Waals surface area contributed by atoms with Crippen LogP contribution in [0.15, 0.2) is 12.4 Å². The van der Waals surface area contributed by atoms with Crippen LogP contribution in [0.2, 0.25) is 0 Å². The van der Waals surface area contributed by atoms with Gasteiger partial charge >= 0.3 is 5.97 Å². The van der Waals surface area contributed by atoms with Crippen LogP contribution in [0.3, 0.4) is 0 Å². The largest absolute Gasteiger partial charge is 0.462 e. The molecule has 1 aliphatic carbocycles. The van der Waals surface area contributed by atoms with Gasteiger partial charge < -0.3 is 15.4 Å². The zero-order valence-corrected chi connectivity index (χ0v) is 10.2. The Labute approximate surface area is 105 Å². The van der Waals surface area contributed by atoms with E-state index in [1.165, 1.54) is 12.4 Å². The molecule has 3 rings (SSSR count). The number of ether oxygens (including phenoxy) is 1. The summed E-state index contributed by atoms with van der Waals surface area (Å²) in [7, 11) is 0. The number of aromatic nitrogens is 2. The average molecular weight is 248 g/mol. The fourth-order valence-corrected chi connectivity index (χ4v) is 2.50. The predicted molar refractivity (Wildman–Crippen MR) is 65.2 cm³/mol. The standard InChI is InChI=1S/C12H16N4O2/c1-2-18-11(17)7-3-14-12(15-4-7)16-10-8-5-13-6-9(8)10/h3-4,8-10,13H,2,5-6H2,1H3,(H,14,15,16). The second-order valence-electron chi connectivity index (χ2n) is 4.67. The van der Waals surface area contributed by atoms with Crippen molar-refractivity contribution in [2.45, 2.75) is 13.0 Å². The van der Waals surface area contributed by atoms with Crippen molar-refractivity contribution in [3.8, 4) is 0 Å². The third-order valence-electron chi connectivity index (χ3n) is 3.55.